The molecule has 0 saturated carbocycles. The van der Waals surface area contributed by atoms with E-state index in [0.29, 0.717) is 28.0 Å². The molecule has 0 spiro atoms. The number of nitrogens with one attached hydrogen (secondary N) is 2. The van der Waals surface area contributed by atoms with E-state index in [-0.39, 0.29) is 24.1 Å². The molecular weight excluding hydrogens is 474 g/mol. The van der Waals surface area contributed by atoms with Crippen LogP contribution < -0.4 is 15.4 Å². The Labute approximate surface area is 213 Å². The van der Waals surface area contributed by atoms with Gasteiger partial charge in [0, 0.05) is 11.1 Å². The normalized spacial score (nSPS) is 10.5. The van der Waals surface area contributed by atoms with Crippen molar-refractivity contribution >= 4 is 29.3 Å². The van der Waals surface area contributed by atoms with Gasteiger partial charge in [-0.05, 0) is 24.6 Å². The van der Waals surface area contributed by atoms with Gasteiger partial charge in [-0.3, -0.25) is 9.59 Å². The molecule has 9 heteroatoms. The lowest BCUT2D eigenvalue weighted by atomic mass is 10.0. The lowest BCUT2D eigenvalue weighted by Gasteiger charge is -2.11. The highest BCUT2D eigenvalue weighted by Crippen LogP contribution is 2.29. The summed E-state index contributed by atoms with van der Waals surface area (Å²) < 4.78 is 5.27. The molecule has 0 saturated heterocycles. The summed E-state index contributed by atoms with van der Waals surface area (Å²) in [5.74, 6) is -0.0764. The van der Waals surface area contributed by atoms with Crippen LogP contribution in [-0.4, -0.2) is 46.4 Å². The summed E-state index contributed by atoms with van der Waals surface area (Å²) in [7, 11) is 1.53. The number of nitrogens with zero attached hydrogens (tertiary/aromatic N) is 3. The van der Waals surface area contributed by atoms with Gasteiger partial charge >= 0.3 is 0 Å². The van der Waals surface area contributed by atoms with Gasteiger partial charge in [-0.25, -0.2) is 4.98 Å². The van der Waals surface area contributed by atoms with Crippen molar-refractivity contribution in [3.8, 4) is 28.3 Å². The third kappa shape index (κ3) is 6.45. The van der Waals surface area contributed by atoms with E-state index in [1.165, 1.54) is 7.11 Å². The minimum absolute atomic E-state index is 0.0433. The molecule has 182 valence electrons. The van der Waals surface area contributed by atoms with Gasteiger partial charge in [0.05, 0.1) is 25.1 Å². The Morgan fingerprint density at radius 3 is 2.19 bits per heavy atom. The molecule has 1 heterocycles. The lowest BCUT2D eigenvalue weighted by Crippen LogP contribution is -2.34. The first-order chi connectivity index (χ1) is 17.5. The molecule has 2 N–H and O–H groups in total. The van der Waals surface area contributed by atoms with Crippen LogP contribution in [0.15, 0.2) is 84.0 Å². The first-order valence-corrected chi connectivity index (χ1v) is 12.2. The van der Waals surface area contributed by atoms with E-state index in [1.54, 1.807) is 6.07 Å². The molecule has 4 aromatic rings. The van der Waals surface area contributed by atoms with Crippen molar-refractivity contribution in [2.45, 2.75) is 12.1 Å². The van der Waals surface area contributed by atoms with E-state index in [9.17, 15) is 9.59 Å². The molecule has 0 fully saturated rings. The number of hydrogen-bond acceptors (Lipinski definition) is 7. The number of aryl methyl sites for hydroxylation is 1. The average Bonchev–Trinajstić information content (AvgIpc) is 2.92. The molecule has 0 unspecified atom stereocenters. The molecule has 2 amide bonds. The standard InChI is InChI=1S/C27H25N5O3S/c1-18-13-14-22(35-2)21(15-18)29-23(33)16-28-24(34)17-36-27-30-25(19-9-5-3-6-10-19)26(31-32-27)20-11-7-4-8-12-20/h3-15H,16-17H2,1-2H3,(H,28,34)(H,29,33). The summed E-state index contributed by atoms with van der Waals surface area (Å²) in [6.07, 6.45) is 0. The van der Waals surface area contributed by atoms with E-state index in [0.717, 1.165) is 28.5 Å². The molecule has 1 aromatic heterocycles. The fourth-order valence-corrected chi connectivity index (χ4v) is 4.05. The van der Waals surface area contributed by atoms with E-state index >= 15 is 0 Å². The first-order valence-electron chi connectivity index (χ1n) is 11.2. The zero-order valence-corrected chi connectivity index (χ0v) is 20.7. The molecule has 8 nitrogen and oxygen atoms in total. The second-order valence-corrected chi connectivity index (χ2v) is 8.78. The number of anilines is 1. The average molecular weight is 500 g/mol. The van der Waals surface area contributed by atoms with Gasteiger partial charge in [0.15, 0.2) is 0 Å². The van der Waals surface area contributed by atoms with Crippen LogP contribution in [0.5, 0.6) is 5.75 Å². The van der Waals surface area contributed by atoms with Crippen molar-refractivity contribution in [3.05, 3.63) is 84.4 Å². The zero-order valence-electron chi connectivity index (χ0n) is 19.9. The number of carbonyl (C=O) groups excluding carboxylic acids is 2. The highest BCUT2D eigenvalue weighted by molar-refractivity contribution is 7.99. The van der Waals surface area contributed by atoms with Crippen LogP contribution in [-0.2, 0) is 9.59 Å². The molecule has 0 radical (unpaired) electrons. The van der Waals surface area contributed by atoms with E-state index < -0.39 is 0 Å². The van der Waals surface area contributed by atoms with Gasteiger partial charge < -0.3 is 15.4 Å². The van der Waals surface area contributed by atoms with E-state index in [2.05, 4.69) is 25.8 Å². The monoisotopic (exact) mass is 499 g/mol. The fraction of sp³-hybridized carbons (Fsp3) is 0.148. The summed E-state index contributed by atoms with van der Waals surface area (Å²) in [4.78, 5) is 29.4. The van der Waals surface area contributed by atoms with Crippen molar-refractivity contribution in [2.24, 2.45) is 0 Å². The second kappa shape index (κ2) is 11.9. The maximum Gasteiger partial charge on any atom is 0.243 e. The Kier molecular flexibility index (Phi) is 8.25. The zero-order chi connectivity index (χ0) is 25.3. The Bertz CT molecular complexity index is 1350. The molecular formula is C27H25N5O3S. The minimum atomic E-state index is -0.353. The Morgan fingerprint density at radius 2 is 1.53 bits per heavy atom. The number of aromatic nitrogens is 3. The molecule has 0 atom stereocenters. The van der Waals surface area contributed by atoms with Crippen LogP contribution in [0.25, 0.3) is 22.5 Å². The van der Waals surface area contributed by atoms with Crippen molar-refractivity contribution in [1.29, 1.82) is 0 Å². The highest BCUT2D eigenvalue weighted by Gasteiger charge is 2.15. The third-order valence-electron chi connectivity index (χ3n) is 5.17. The van der Waals surface area contributed by atoms with E-state index in [4.69, 9.17) is 4.74 Å². The SMILES string of the molecule is COc1ccc(C)cc1NC(=O)CNC(=O)CSc1nnc(-c2ccccc2)c(-c2ccccc2)n1. The van der Waals surface area contributed by atoms with Gasteiger partial charge in [-0.2, -0.15) is 0 Å². The first kappa shape index (κ1) is 24.9. The van der Waals surface area contributed by atoms with Gasteiger partial charge in [-0.1, -0.05) is 78.5 Å². The van der Waals surface area contributed by atoms with Crippen LogP contribution in [0.1, 0.15) is 5.56 Å². The van der Waals surface area contributed by atoms with Gasteiger partial charge in [0.2, 0.25) is 17.0 Å². The van der Waals surface area contributed by atoms with Crippen molar-refractivity contribution in [1.82, 2.24) is 20.5 Å². The minimum Gasteiger partial charge on any atom is -0.495 e. The number of methoxy groups -OCH3 is 1. The molecule has 0 aliphatic carbocycles. The number of rotatable bonds is 9. The van der Waals surface area contributed by atoms with Crippen LogP contribution >= 0.6 is 11.8 Å². The largest absolute Gasteiger partial charge is 0.495 e. The van der Waals surface area contributed by atoms with Crippen molar-refractivity contribution in [3.63, 3.8) is 0 Å². The quantitative estimate of drug-likeness (QED) is 0.329. The molecule has 36 heavy (non-hydrogen) atoms. The smallest absolute Gasteiger partial charge is 0.243 e. The Balaban J connectivity index is 1.38. The third-order valence-corrected chi connectivity index (χ3v) is 6.01. The molecule has 0 aliphatic rings. The van der Waals surface area contributed by atoms with Gasteiger partial charge in [-0.15, -0.1) is 10.2 Å². The Hall–Kier alpha value is -4.24. The molecule has 0 aliphatic heterocycles. The fourth-order valence-electron chi connectivity index (χ4n) is 3.43. The number of amides is 2. The van der Waals surface area contributed by atoms with Crippen LogP contribution in [0.2, 0.25) is 0 Å². The van der Waals surface area contributed by atoms with Crippen LogP contribution in [0.4, 0.5) is 5.69 Å². The molecule has 3 aromatic carbocycles. The predicted octanol–water partition coefficient (Wildman–Crippen LogP) is 4.37. The maximum absolute atomic E-state index is 12.4. The number of carbonyl (C=O) groups is 2. The second-order valence-electron chi connectivity index (χ2n) is 7.84. The number of ether oxygens (including phenoxy) is 1. The molecule has 4 rings (SSSR count). The summed E-state index contributed by atoms with van der Waals surface area (Å²) in [6, 6.07) is 24.9. The summed E-state index contributed by atoms with van der Waals surface area (Å²) in [5.41, 5.74) is 4.69. The number of hydrogen-bond donors (Lipinski definition) is 2. The molecule has 0 bridgehead atoms. The van der Waals surface area contributed by atoms with Crippen LogP contribution in [0.3, 0.4) is 0 Å². The number of benzene rings is 3. The topological polar surface area (TPSA) is 106 Å². The van der Waals surface area contributed by atoms with Crippen molar-refractivity contribution < 1.29 is 14.3 Å². The summed E-state index contributed by atoms with van der Waals surface area (Å²) >= 11 is 1.16. The predicted molar refractivity (Wildman–Crippen MR) is 141 cm³/mol. The Morgan fingerprint density at radius 1 is 0.861 bits per heavy atom. The van der Waals surface area contributed by atoms with E-state index in [1.807, 2.05) is 79.7 Å². The maximum atomic E-state index is 12.4. The van der Waals surface area contributed by atoms with Gasteiger partial charge in [0.1, 0.15) is 17.1 Å². The van der Waals surface area contributed by atoms with Crippen molar-refractivity contribution in [2.75, 3.05) is 24.7 Å². The van der Waals surface area contributed by atoms with Gasteiger partial charge in [0.25, 0.3) is 0 Å². The van der Waals surface area contributed by atoms with Crippen LogP contribution in [0, 0.1) is 6.92 Å². The summed E-state index contributed by atoms with van der Waals surface area (Å²) in [5, 5.41) is 14.4. The summed E-state index contributed by atoms with van der Waals surface area (Å²) in [6.45, 7) is 1.75. The lowest BCUT2D eigenvalue weighted by molar-refractivity contribution is -0.122. The highest BCUT2D eigenvalue weighted by atomic mass is 32.2. The number of thioether (sulfide) groups is 1.